The molecule has 0 radical (unpaired) electrons. The van der Waals surface area contributed by atoms with Crippen LogP contribution in [0.25, 0.3) is 11.0 Å². The van der Waals surface area contributed by atoms with Gasteiger partial charge in [-0.1, -0.05) is 44.2 Å². The second-order valence-electron chi connectivity index (χ2n) is 6.70. The van der Waals surface area contributed by atoms with Gasteiger partial charge in [0.15, 0.2) is 5.65 Å². The Morgan fingerprint density at radius 2 is 1.96 bits per heavy atom. The molecule has 1 atom stereocenters. The van der Waals surface area contributed by atoms with Gasteiger partial charge in [0.1, 0.15) is 5.39 Å². The third-order valence-electron chi connectivity index (χ3n) is 4.44. The molecule has 1 aromatic carbocycles. The molecule has 0 aliphatic heterocycles. The number of carbonyl (C=O) groups is 1. The van der Waals surface area contributed by atoms with Crippen LogP contribution in [0.15, 0.2) is 47.7 Å². The van der Waals surface area contributed by atoms with E-state index in [0.717, 1.165) is 5.56 Å². The van der Waals surface area contributed by atoms with Crippen LogP contribution in [0, 0.1) is 5.92 Å². The predicted molar refractivity (Wildman–Crippen MR) is 99.5 cm³/mol. The molecule has 136 valence electrons. The zero-order valence-electron chi connectivity index (χ0n) is 15.2. The van der Waals surface area contributed by atoms with Crippen molar-refractivity contribution in [1.29, 1.82) is 0 Å². The number of hydrogen-bond acceptors (Lipinski definition) is 4. The quantitative estimate of drug-likeness (QED) is 0.735. The maximum atomic E-state index is 12.4. The lowest BCUT2D eigenvalue weighted by atomic mass is 9.96. The molecule has 26 heavy (non-hydrogen) atoms. The fourth-order valence-corrected chi connectivity index (χ4v) is 2.99. The normalized spacial score (nSPS) is 12.5. The highest BCUT2D eigenvalue weighted by molar-refractivity contribution is 5.76. The highest BCUT2D eigenvalue weighted by Gasteiger charge is 2.18. The van der Waals surface area contributed by atoms with Crippen molar-refractivity contribution < 1.29 is 4.79 Å². The molecule has 1 N–H and O–H groups in total. The first kappa shape index (κ1) is 17.8. The van der Waals surface area contributed by atoms with Gasteiger partial charge in [-0.2, -0.15) is 5.10 Å². The fraction of sp³-hybridized carbons (Fsp3) is 0.368. The Morgan fingerprint density at radius 1 is 1.23 bits per heavy atom. The van der Waals surface area contributed by atoms with Gasteiger partial charge in [0, 0.05) is 20.0 Å². The lowest BCUT2D eigenvalue weighted by molar-refractivity contribution is -0.122. The summed E-state index contributed by atoms with van der Waals surface area (Å²) in [6.07, 6.45) is 3.19. The van der Waals surface area contributed by atoms with Crippen molar-refractivity contribution >= 4 is 16.9 Å². The molecule has 0 fully saturated rings. The van der Waals surface area contributed by atoms with Gasteiger partial charge in [-0.3, -0.25) is 18.8 Å². The van der Waals surface area contributed by atoms with Crippen molar-refractivity contribution in [2.45, 2.75) is 32.9 Å². The standard InChI is InChI=1S/C19H23N5O2/c1-13(2)17(14-7-5-4-6-8-14)22-16(25)9-10-24-12-20-18-15(19(24)26)11-21-23(18)3/h4-8,11-13,17H,9-10H2,1-3H3,(H,22,25)/t17-/m0/s1. The van der Waals surface area contributed by atoms with Gasteiger partial charge in [-0.25, -0.2) is 4.98 Å². The van der Waals surface area contributed by atoms with E-state index in [2.05, 4.69) is 29.2 Å². The van der Waals surface area contributed by atoms with Crippen LogP contribution in [0.2, 0.25) is 0 Å². The van der Waals surface area contributed by atoms with E-state index in [4.69, 9.17) is 0 Å². The van der Waals surface area contributed by atoms with E-state index in [9.17, 15) is 9.59 Å². The largest absolute Gasteiger partial charge is 0.349 e. The van der Waals surface area contributed by atoms with Crippen LogP contribution in [-0.2, 0) is 18.4 Å². The molecule has 7 heteroatoms. The summed E-state index contributed by atoms with van der Waals surface area (Å²) in [5.41, 5.74) is 1.44. The van der Waals surface area contributed by atoms with E-state index >= 15 is 0 Å². The lowest BCUT2D eigenvalue weighted by Gasteiger charge is -2.23. The minimum atomic E-state index is -0.181. The third kappa shape index (κ3) is 3.66. The number of aryl methyl sites for hydroxylation is 2. The molecule has 3 rings (SSSR count). The van der Waals surface area contributed by atoms with Crippen molar-refractivity contribution in [3.63, 3.8) is 0 Å². The van der Waals surface area contributed by atoms with Crippen LogP contribution in [0.4, 0.5) is 0 Å². The molecule has 3 aromatic rings. The maximum Gasteiger partial charge on any atom is 0.264 e. The zero-order chi connectivity index (χ0) is 18.7. The molecule has 2 heterocycles. The first-order valence-corrected chi connectivity index (χ1v) is 8.69. The Hall–Kier alpha value is -2.96. The molecule has 0 aliphatic carbocycles. The van der Waals surface area contributed by atoms with Gasteiger partial charge >= 0.3 is 0 Å². The Balaban J connectivity index is 1.69. The molecule has 7 nitrogen and oxygen atoms in total. The first-order chi connectivity index (χ1) is 12.5. The van der Waals surface area contributed by atoms with Crippen molar-refractivity contribution in [3.8, 4) is 0 Å². The molecule has 0 saturated heterocycles. The zero-order valence-corrected chi connectivity index (χ0v) is 15.2. The lowest BCUT2D eigenvalue weighted by Crippen LogP contribution is -2.33. The van der Waals surface area contributed by atoms with E-state index in [-0.39, 0.29) is 36.4 Å². The van der Waals surface area contributed by atoms with Gasteiger partial charge < -0.3 is 5.32 Å². The summed E-state index contributed by atoms with van der Waals surface area (Å²) < 4.78 is 3.01. The van der Waals surface area contributed by atoms with E-state index < -0.39 is 0 Å². The second-order valence-corrected chi connectivity index (χ2v) is 6.70. The fourth-order valence-electron chi connectivity index (χ4n) is 2.99. The topological polar surface area (TPSA) is 81.8 Å². The molecule has 0 bridgehead atoms. The Labute approximate surface area is 151 Å². The summed E-state index contributed by atoms with van der Waals surface area (Å²) >= 11 is 0. The van der Waals surface area contributed by atoms with Crippen LogP contribution in [0.3, 0.4) is 0 Å². The minimum absolute atomic E-state index is 0.0562. The molecular formula is C19H23N5O2. The van der Waals surface area contributed by atoms with E-state index in [0.29, 0.717) is 11.0 Å². The molecule has 0 unspecified atom stereocenters. The summed E-state index contributed by atoms with van der Waals surface area (Å²) in [6.45, 7) is 4.42. The Bertz CT molecular complexity index is 959. The summed E-state index contributed by atoms with van der Waals surface area (Å²) in [5, 5.41) is 7.58. The molecule has 2 aromatic heterocycles. The van der Waals surface area contributed by atoms with Crippen molar-refractivity contribution in [2.75, 3.05) is 0 Å². The number of carbonyl (C=O) groups excluding carboxylic acids is 1. The molecular weight excluding hydrogens is 330 g/mol. The number of nitrogens with one attached hydrogen (secondary N) is 1. The summed E-state index contributed by atoms with van der Waals surface area (Å²) in [7, 11) is 1.74. The number of aromatic nitrogens is 4. The van der Waals surface area contributed by atoms with Crippen LogP contribution in [-0.4, -0.2) is 25.2 Å². The summed E-state index contributed by atoms with van der Waals surface area (Å²) in [5.74, 6) is 0.170. The minimum Gasteiger partial charge on any atom is -0.349 e. The molecule has 0 spiro atoms. The SMILES string of the molecule is CC(C)[C@H](NC(=O)CCn1cnc2c(cnn2C)c1=O)c1ccccc1. The van der Waals surface area contributed by atoms with E-state index in [1.54, 1.807) is 11.7 Å². The van der Waals surface area contributed by atoms with Crippen molar-refractivity contribution in [3.05, 3.63) is 58.8 Å². The number of fused-ring (bicyclic) bond motifs is 1. The highest BCUT2D eigenvalue weighted by Crippen LogP contribution is 2.21. The van der Waals surface area contributed by atoms with Crippen LogP contribution in [0.5, 0.6) is 0 Å². The van der Waals surface area contributed by atoms with Crippen LogP contribution >= 0.6 is 0 Å². The van der Waals surface area contributed by atoms with Gasteiger partial charge in [0.2, 0.25) is 5.91 Å². The summed E-state index contributed by atoms with van der Waals surface area (Å²) in [4.78, 5) is 29.1. The maximum absolute atomic E-state index is 12.4. The van der Waals surface area contributed by atoms with E-state index in [1.807, 2.05) is 30.3 Å². The third-order valence-corrected chi connectivity index (χ3v) is 4.44. The average Bonchev–Trinajstić information content (AvgIpc) is 3.01. The first-order valence-electron chi connectivity index (χ1n) is 8.69. The summed E-state index contributed by atoms with van der Waals surface area (Å²) in [6, 6.07) is 9.85. The molecule has 0 aliphatic rings. The molecule has 1 amide bonds. The smallest absolute Gasteiger partial charge is 0.264 e. The monoisotopic (exact) mass is 353 g/mol. The van der Waals surface area contributed by atoms with Crippen molar-refractivity contribution in [1.82, 2.24) is 24.6 Å². The predicted octanol–water partition coefficient (Wildman–Crippen LogP) is 2.03. The highest BCUT2D eigenvalue weighted by atomic mass is 16.2. The average molecular weight is 353 g/mol. The number of rotatable bonds is 6. The Morgan fingerprint density at radius 3 is 2.65 bits per heavy atom. The number of hydrogen-bond donors (Lipinski definition) is 1. The number of benzene rings is 1. The second kappa shape index (κ2) is 7.51. The number of nitrogens with zero attached hydrogens (tertiary/aromatic N) is 4. The van der Waals surface area contributed by atoms with E-state index in [1.165, 1.54) is 17.1 Å². The van der Waals surface area contributed by atoms with Gasteiger partial charge in [0.05, 0.1) is 18.6 Å². The van der Waals surface area contributed by atoms with Crippen LogP contribution < -0.4 is 10.9 Å². The Kier molecular flexibility index (Phi) is 5.16. The van der Waals surface area contributed by atoms with Gasteiger partial charge in [0.25, 0.3) is 5.56 Å². The van der Waals surface area contributed by atoms with Crippen molar-refractivity contribution in [2.24, 2.45) is 13.0 Å². The van der Waals surface area contributed by atoms with Crippen LogP contribution in [0.1, 0.15) is 31.9 Å². The van der Waals surface area contributed by atoms with Gasteiger partial charge in [-0.15, -0.1) is 0 Å². The molecule has 0 saturated carbocycles. The number of amides is 1. The van der Waals surface area contributed by atoms with Gasteiger partial charge in [-0.05, 0) is 11.5 Å².